The van der Waals surface area contributed by atoms with Gasteiger partial charge in [0, 0.05) is 29.8 Å². The van der Waals surface area contributed by atoms with E-state index < -0.39 is 15.8 Å². The van der Waals surface area contributed by atoms with E-state index in [1.807, 2.05) is 38.1 Å². The van der Waals surface area contributed by atoms with E-state index in [1.165, 1.54) is 18.2 Å². The molecule has 3 aromatic rings. The molecule has 0 atom stereocenters. The molecule has 0 saturated carbocycles. The van der Waals surface area contributed by atoms with E-state index in [-0.39, 0.29) is 29.2 Å². The molecule has 0 aromatic heterocycles. The van der Waals surface area contributed by atoms with Crippen LogP contribution >= 0.6 is 0 Å². The van der Waals surface area contributed by atoms with E-state index in [1.54, 1.807) is 25.3 Å². The van der Waals surface area contributed by atoms with Gasteiger partial charge in [-0.3, -0.25) is 25.0 Å². The van der Waals surface area contributed by atoms with Gasteiger partial charge < -0.3 is 20.5 Å². The second-order valence-electron chi connectivity index (χ2n) is 8.92. The summed E-state index contributed by atoms with van der Waals surface area (Å²) in [7, 11) is 1.58. The lowest BCUT2D eigenvalue weighted by atomic mass is 9.99. The molecule has 3 N–H and O–H groups in total. The van der Waals surface area contributed by atoms with Crippen molar-refractivity contribution >= 4 is 23.0 Å². The Balaban J connectivity index is 1.73. The number of allylic oxidation sites excluding steroid dienone is 1. The second-order valence-corrected chi connectivity index (χ2v) is 8.92. The topological polar surface area (TPSA) is 160 Å². The molecule has 0 bridgehead atoms. The number of ether oxygens (including phenoxy) is 2. The van der Waals surface area contributed by atoms with Crippen molar-refractivity contribution in [3.63, 3.8) is 0 Å². The fourth-order valence-corrected chi connectivity index (χ4v) is 3.86. The monoisotopic (exact) mass is 534 g/mol. The van der Waals surface area contributed by atoms with Gasteiger partial charge in [0.05, 0.1) is 17.0 Å². The van der Waals surface area contributed by atoms with Crippen molar-refractivity contribution in [3.05, 3.63) is 109 Å². The number of methoxy groups -OCH3 is 1. The highest BCUT2D eigenvalue weighted by Gasteiger charge is 2.20. The predicted octanol–water partition coefficient (Wildman–Crippen LogP) is 5.57. The van der Waals surface area contributed by atoms with Crippen molar-refractivity contribution < 1.29 is 24.1 Å². The number of para-hydroxylation sites is 1. The molecule has 11 heteroatoms. The Morgan fingerprint density at radius 3 is 2.26 bits per heavy atom. The van der Waals surface area contributed by atoms with Crippen LogP contribution in [0.1, 0.15) is 41.8 Å². The van der Waals surface area contributed by atoms with Gasteiger partial charge in [0.25, 0.3) is 11.4 Å². The van der Waals surface area contributed by atoms with Gasteiger partial charge in [0.2, 0.25) is 5.91 Å². The molecule has 11 nitrogen and oxygen atoms in total. The molecule has 0 heterocycles. The van der Waals surface area contributed by atoms with Crippen LogP contribution in [-0.4, -0.2) is 29.4 Å². The number of amides is 1. The molecule has 0 aliphatic heterocycles. The van der Waals surface area contributed by atoms with Gasteiger partial charge in [0.1, 0.15) is 18.1 Å². The summed E-state index contributed by atoms with van der Waals surface area (Å²) in [5, 5.41) is 26.3. The first-order chi connectivity index (χ1) is 18.6. The Bertz CT molecular complexity index is 1400. The van der Waals surface area contributed by atoms with E-state index in [2.05, 4.69) is 5.32 Å². The SMILES string of the molecule is COc1ccc(COc2cccc([N+](=O)[O-])c2NC/C(C)=C(\C)CCc2ccc(C(N)=O)cc2[N+](=O)[O-])cc1. The molecule has 0 fully saturated rings. The Kier molecular flexibility index (Phi) is 9.58. The lowest BCUT2D eigenvalue weighted by molar-refractivity contribution is -0.385. The van der Waals surface area contributed by atoms with Crippen LogP contribution in [0.3, 0.4) is 0 Å². The number of benzene rings is 3. The summed E-state index contributed by atoms with van der Waals surface area (Å²) in [6.45, 7) is 4.31. The summed E-state index contributed by atoms with van der Waals surface area (Å²) in [6, 6.07) is 16.2. The largest absolute Gasteiger partial charge is 0.497 e. The van der Waals surface area contributed by atoms with E-state index in [0.29, 0.717) is 36.4 Å². The van der Waals surface area contributed by atoms with Crippen molar-refractivity contribution in [2.24, 2.45) is 5.73 Å². The number of nitrogens with zero attached hydrogens (tertiary/aromatic N) is 2. The Labute approximate surface area is 225 Å². The molecule has 1 amide bonds. The molecule has 0 saturated heterocycles. The third-order valence-electron chi connectivity index (χ3n) is 6.35. The first-order valence-corrected chi connectivity index (χ1v) is 12.1. The van der Waals surface area contributed by atoms with Crippen LogP contribution < -0.4 is 20.5 Å². The Hall–Kier alpha value is -4.93. The van der Waals surface area contributed by atoms with Crippen LogP contribution in [0, 0.1) is 20.2 Å². The number of primary amides is 1. The Morgan fingerprint density at radius 2 is 1.64 bits per heavy atom. The lowest BCUT2D eigenvalue weighted by Crippen LogP contribution is -2.11. The highest BCUT2D eigenvalue weighted by molar-refractivity contribution is 5.93. The zero-order chi connectivity index (χ0) is 28.5. The van der Waals surface area contributed by atoms with Crippen LogP contribution in [0.2, 0.25) is 0 Å². The van der Waals surface area contributed by atoms with Crippen molar-refractivity contribution in [2.75, 3.05) is 19.0 Å². The average Bonchev–Trinajstić information content (AvgIpc) is 2.93. The molecule has 0 aliphatic rings. The number of anilines is 1. The molecule has 0 spiro atoms. The molecular weight excluding hydrogens is 504 g/mol. The van der Waals surface area contributed by atoms with Crippen molar-refractivity contribution in [3.8, 4) is 11.5 Å². The van der Waals surface area contributed by atoms with Crippen LogP contribution in [-0.2, 0) is 13.0 Å². The molecular formula is C28H30N4O7. The minimum atomic E-state index is -0.731. The summed E-state index contributed by atoms with van der Waals surface area (Å²) in [6.07, 6.45) is 0.891. The lowest BCUT2D eigenvalue weighted by Gasteiger charge is -2.15. The standard InChI is InChI=1S/C28H30N4O7/c1-18(7-10-21-11-12-22(28(29)33)15-25(21)32(36)37)19(2)16-30-27-24(31(34)35)5-4-6-26(27)39-17-20-8-13-23(38-3)14-9-20/h4-6,8-9,11-15,30H,7,10,16-17H2,1-3H3,(H2,29,33)/b19-18+. The van der Waals surface area contributed by atoms with Gasteiger partial charge >= 0.3 is 0 Å². The minimum Gasteiger partial charge on any atom is -0.497 e. The van der Waals surface area contributed by atoms with E-state index >= 15 is 0 Å². The molecule has 0 unspecified atom stereocenters. The maximum Gasteiger partial charge on any atom is 0.296 e. The number of hydrogen-bond acceptors (Lipinski definition) is 8. The number of nitro benzene ring substituents is 2. The van der Waals surface area contributed by atoms with Crippen molar-refractivity contribution in [1.82, 2.24) is 0 Å². The van der Waals surface area contributed by atoms with Gasteiger partial charge in [-0.05, 0) is 56.5 Å². The van der Waals surface area contributed by atoms with Crippen molar-refractivity contribution in [1.29, 1.82) is 0 Å². The summed E-state index contributed by atoms with van der Waals surface area (Å²) in [5.74, 6) is 0.326. The third-order valence-corrected chi connectivity index (χ3v) is 6.35. The molecule has 3 rings (SSSR count). The summed E-state index contributed by atoms with van der Waals surface area (Å²) < 4.78 is 11.1. The maximum absolute atomic E-state index is 11.7. The number of carbonyl (C=O) groups is 1. The number of rotatable bonds is 13. The fraction of sp³-hybridized carbons (Fsp3) is 0.250. The maximum atomic E-state index is 11.7. The first-order valence-electron chi connectivity index (χ1n) is 12.1. The van der Waals surface area contributed by atoms with E-state index in [4.69, 9.17) is 15.2 Å². The number of carbonyl (C=O) groups excluding carboxylic acids is 1. The van der Waals surface area contributed by atoms with Gasteiger partial charge in [-0.1, -0.05) is 35.4 Å². The molecule has 39 heavy (non-hydrogen) atoms. The first kappa shape index (κ1) is 28.6. The number of aryl methyl sites for hydroxylation is 1. The number of hydrogen-bond donors (Lipinski definition) is 2. The number of nitrogens with one attached hydrogen (secondary N) is 1. The van der Waals surface area contributed by atoms with Gasteiger partial charge in [-0.25, -0.2) is 0 Å². The van der Waals surface area contributed by atoms with Crippen LogP contribution in [0.4, 0.5) is 17.1 Å². The average molecular weight is 535 g/mol. The zero-order valence-electron chi connectivity index (χ0n) is 21.9. The third kappa shape index (κ3) is 7.54. The van der Waals surface area contributed by atoms with E-state index in [9.17, 15) is 25.0 Å². The Morgan fingerprint density at radius 1 is 0.949 bits per heavy atom. The molecule has 0 radical (unpaired) electrons. The predicted molar refractivity (Wildman–Crippen MR) is 147 cm³/mol. The number of nitro groups is 2. The van der Waals surface area contributed by atoms with Gasteiger partial charge in [0.15, 0.2) is 5.69 Å². The van der Waals surface area contributed by atoms with Crippen LogP contribution in [0.5, 0.6) is 11.5 Å². The fourth-order valence-electron chi connectivity index (χ4n) is 3.86. The summed E-state index contributed by atoms with van der Waals surface area (Å²) >= 11 is 0. The van der Waals surface area contributed by atoms with Gasteiger partial charge in [-0.15, -0.1) is 0 Å². The normalized spacial score (nSPS) is 11.4. The quantitative estimate of drug-likeness (QED) is 0.163. The van der Waals surface area contributed by atoms with E-state index in [0.717, 1.165) is 16.7 Å². The zero-order valence-corrected chi connectivity index (χ0v) is 21.9. The second kappa shape index (κ2) is 13.0. The smallest absolute Gasteiger partial charge is 0.296 e. The molecule has 3 aromatic carbocycles. The number of nitrogens with two attached hydrogens (primary N) is 1. The van der Waals surface area contributed by atoms with Gasteiger partial charge in [-0.2, -0.15) is 0 Å². The van der Waals surface area contributed by atoms with Crippen LogP contribution in [0.25, 0.3) is 0 Å². The highest BCUT2D eigenvalue weighted by atomic mass is 16.6. The summed E-state index contributed by atoms with van der Waals surface area (Å²) in [5.41, 5.74) is 8.56. The molecule has 0 aliphatic carbocycles. The van der Waals surface area contributed by atoms with Crippen molar-refractivity contribution in [2.45, 2.75) is 33.3 Å². The minimum absolute atomic E-state index is 0.0764. The summed E-state index contributed by atoms with van der Waals surface area (Å²) in [4.78, 5) is 33.6. The highest BCUT2D eigenvalue weighted by Crippen LogP contribution is 2.35. The molecule has 204 valence electrons. The van der Waals surface area contributed by atoms with Crippen LogP contribution in [0.15, 0.2) is 71.8 Å².